The first kappa shape index (κ1) is 16.7. The highest BCUT2D eigenvalue weighted by atomic mass is 32.2. The highest BCUT2D eigenvalue weighted by Crippen LogP contribution is 2.04. The van der Waals surface area contributed by atoms with Crippen molar-refractivity contribution in [2.45, 2.75) is 32.7 Å². The van der Waals surface area contributed by atoms with Crippen LogP contribution in [-0.4, -0.2) is 38.0 Å². The van der Waals surface area contributed by atoms with Crippen LogP contribution in [0, 0.1) is 0 Å². The molecule has 0 bridgehead atoms. The third-order valence-electron chi connectivity index (χ3n) is 2.84. The second kappa shape index (κ2) is 8.06. The number of carbonyl (C=O) groups is 1. The molecule has 1 heterocycles. The van der Waals surface area contributed by atoms with Gasteiger partial charge in [-0.25, -0.2) is 8.42 Å². The van der Waals surface area contributed by atoms with Gasteiger partial charge in [0.2, 0.25) is 15.9 Å². The average Bonchev–Trinajstić information content (AvgIpc) is 2.87. The van der Waals surface area contributed by atoms with E-state index in [1.165, 1.54) is 10.6 Å². The van der Waals surface area contributed by atoms with Crippen molar-refractivity contribution in [3.63, 3.8) is 0 Å². The van der Waals surface area contributed by atoms with Gasteiger partial charge in [0.05, 0.1) is 25.6 Å². The molecule has 20 heavy (non-hydrogen) atoms. The summed E-state index contributed by atoms with van der Waals surface area (Å²) in [5.41, 5.74) is 0. The summed E-state index contributed by atoms with van der Waals surface area (Å²) in [5.74, 6) is 0.304. The lowest BCUT2D eigenvalue weighted by Gasteiger charge is -2.19. The molecule has 0 unspecified atom stereocenters. The van der Waals surface area contributed by atoms with E-state index in [9.17, 15) is 13.2 Å². The minimum atomic E-state index is -3.36. The number of hydrogen-bond acceptors (Lipinski definition) is 4. The zero-order chi connectivity index (χ0) is 15.0. The Morgan fingerprint density at radius 2 is 2.15 bits per heavy atom. The number of hydrogen-bond donors (Lipinski definition) is 1. The average molecular weight is 302 g/mol. The molecule has 0 fully saturated rings. The number of sulfonamides is 1. The summed E-state index contributed by atoms with van der Waals surface area (Å²) < 4.78 is 29.5. The van der Waals surface area contributed by atoms with Gasteiger partial charge >= 0.3 is 0 Å². The van der Waals surface area contributed by atoms with Gasteiger partial charge in [0.1, 0.15) is 5.76 Å². The van der Waals surface area contributed by atoms with Crippen LogP contribution in [0.2, 0.25) is 0 Å². The number of unbranched alkanes of at least 4 members (excludes halogenated alkanes) is 2. The second-order valence-corrected chi connectivity index (χ2v) is 6.64. The van der Waals surface area contributed by atoms with E-state index in [2.05, 4.69) is 5.32 Å². The maximum Gasteiger partial charge on any atom is 0.235 e. The Balaban J connectivity index is 2.45. The molecule has 1 aromatic rings. The molecule has 0 atom stereocenters. The van der Waals surface area contributed by atoms with E-state index in [1.807, 2.05) is 6.92 Å². The molecule has 1 rings (SSSR count). The molecule has 6 nitrogen and oxygen atoms in total. The van der Waals surface area contributed by atoms with E-state index >= 15 is 0 Å². The lowest BCUT2D eigenvalue weighted by atomic mass is 10.2. The first-order valence-corrected chi connectivity index (χ1v) is 8.52. The number of furan rings is 1. The van der Waals surface area contributed by atoms with Crippen molar-refractivity contribution in [3.05, 3.63) is 24.2 Å². The van der Waals surface area contributed by atoms with Gasteiger partial charge in [-0.2, -0.15) is 4.31 Å². The molecule has 0 saturated carbocycles. The summed E-state index contributed by atoms with van der Waals surface area (Å²) in [5, 5.41) is 2.64. The molecule has 1 aromatic heterocycles. The summed E-state index contributed by atoms with van der Waals surface area (Å²) >= 11 is 0. The van der Waals surface area contributed by atoms with Crippen molar-refractivity contribution >= 4 is 15.9 Å². The SMILES string of the molecule is CCCCCN(CC(=O)NCc1ccco1)S(C)(=O)=O. The minimum Gasteiger partial charge on any atom is -0.467 e. The standard InChI is InChI=1S/C13H22N2O4S/c1-3-4-5-8-15(20(2,17)18)11-13(16)14-10-12-7-6-9-19-12/h6-7,9H,3-5,8,10-11H2,1-2H3,(H,14,16). The summed E-state index contributed by atoms with van der Waals surface area (Å²) in [6.07, 6.45) is 5.35. The van der Waals surface area contributed by atoms with E-state index in [4.69, 9.17) is 4.42 Å². The zero-order valence-corrected chi connectivity index (χ0v) is 12.8. The summed E-state index contributed by atoms with van der Waals surface area (Å²) in [7, 11) is -3.36. The van der Waals surface area contributed by atoms with Gasteiger partial charge in [-0.3, -0.25) is 4.79 Å². The van der Waals surface area contributed by atoms with E-state index in [-0.39, 0.29) is 19.0 Å². The van der Waals surface area contributed by atoms with Crippen LogP contribution in [-0.2, 0) is 21.4 Å². The van der Waals surface area contributed by atoms with Gasteiger partial charge in [-0.1, -0.05) is 19.8 Å². The first-order chi connectivity index (χ1) is 9.43. The predicted molar refractivity (Wildman–Crippen MR) is 76.5 cm³/mol. The Bertz CT molecular complexity index is 496. The van der Waals surface area contributed by atoms with Crippen LogP contribution in [0.4, 0.5) is 0 Å². The largest absolute Gasteiger partial charge is 0.467 e. The fourth-order valence-corrected chi connectivity index (χ4v) is 2.53. The van der Waals surface area contributed by atoms with Crippen molar-refractivity contribution in [2.24, 2.45) is 0 Å². The van der Waals surface area contributed by atoms with Crippen molar-refractivity contribution < 1.29 is 17.6 Å². The van der Waals surface area contributed by atoms with Gasteiger partial charge in [-0.05, 0) is 18.6 Å². The Morgan fingerprint density at radius 3 is 2.70 bits per heavy atom. The van der Waals surface area contributed by atoms with Crippen molar-refractivity contribution in [1.82, 2.24) is 9.62 Å². The minimum absolute atomic E-state index is 0.150. The first-order valence-electron chi connectivity index (χ1n) is 6.67. The van der Waals surface area contributed by atoms with Gasteiger partial charge in [-0.15, -0.1) is 0 Å². The number of nitrogens with zero attached hydrogens (tertiary/aromatic N) is 1. The van der Waals surface area contributed by atoms with Gasteiger partial charge in [0.15, 0.2) is 0 Å². The quantitative estimate of drug-likeness (QED) is 0.698. The molecular weight excluding hydrogens is 280 g/mol. The lowest BCUT2D eigenvalue weighted by molar-refractivity contribution is -0.121. The monoisotopic (exact) mass is 302 g/mol. The number of amides is 1. The Kier molecular flexibility index (Phi) is 6.74. The van der Waals surface area contributed by atoms with Crippen LogP contribution < -0.4 is 5.32 Å². The predicted octanol–water partition coefficient (Wildman–Crippen LogP) is 1.35. The van der Waals surface area contributed by atoms with Crippen molar-refractivity contribution in [2.75, 3.05) is 19.3 Å². The van der Waals surface area contributed by atoms with E-state index in [1.54, 1.807) is 12.1 Å². The third-order valence-corrected chi connectivity index (χ3v) is 4.09. The molecule has 0 saturated heterocycles. The Labute approximate surface area is 120 Å². The van der Waals surface area contributed by atoms with E-state index in [0.717, 1.165) is 25.5 Å². The maximum absolute atomic E-state index is 11.8. The normalized spacial score (nSPS) is 11.8. The molecule has 0 radical (unpaired) electrons. The highest BCUT2D eigenvalue weighted by molar-refractivity contribution is 7.88. The van der Waals surface area contributed by atoms with Crippen LogP contribution in [0.15, 0.2) is 22.8 Å². The molecule has 0 aromatic carbocycles. The Morgan fingerprint density at radius 1 is 1.40 bits per heavy atom. The smallest absolute Gasteiger partial charge is 0.235 e. The number of nitrogens with one attached hydrogen (secondary N) is 1. The fourth-order valence-electron chi connectivity index (χ4n) is 1.72. The van der Waals surface area contributed by atoms with Gasteiger partial charge in [0, 0.05) is 6.54 Å². The summed E-state index contributed by atoms with van der Waals surface area (Å²) in [4.78, 5) is 11.8. The zero-order valence-electron chi connectivity index (χ0n) is 12.0. The molecule has 114 valence electrons. The third kappa shape index (κ3) is 6.21. The molecule has 0 spiro atoms. The van der Waals surface area contributed by atoms with Crippen LogP contribution in [0.3, 0.4) is 0 Å². The van der Waals surface area contributed by atoms with Crippen LogP contribution in [0.5, 0.6) is 0 Å². The highest BCUT2D eigenvalue weighted by Gasteiger charge is 2.19. The van der Waals surface area contributed by atoms with Gasteiger partial charge < -0.3 is 9.73 Å². The summed E-state index contributed by atoms with van der Waals surface area (Å²) in [6.45, 7) is 2.53. The number of rotatable bonds is 9. The lowest BCUT2D eigenvalue weighted by Crippen LogP contribution is -2.40. The summed E-state index contributed by atoms with van der Waals surface area (Å²) in [6, 6.07) is 3.48. The molecule has 0 aliphatic rings. The van der Waals surface area contributed by atoms with Crippen LogP contribution in [0.1, 0.15) is 31.9 Å². The molecule has 0 aliphatic heterocycles. The molecular formula is C13H22N2O4S. The fraction of sp³-hybridized carbons (Fsp3) is 0.615. The van der Waals surface area contributed by atoms with Gasteiger partial charge in [0.25, 0.3) is 0 Å². The Hall–Kier alpha value is -1.34. The molecule has 0 aliphatic carbocycles. The van der Waals surface area contributed by atoms with Crippen LogP contribution >= 0.6 is 0 Å². The van der Waals surface area contributed by atoms with Crippen molar-refractivity contribution in [1.29, 1.82) is 0 Å². The molecule has 1 amide bonds. The van der Waals surface area contributed by atoms with Crippen molar-refractivity contribution in [3.8, 4) is 0 Å². The maximum atomic E-state index is 11.8. The topological polar surface area (TPSA) is 79.6 Å². The molecule has 1 N–H and O–H groups in total. The van der Waals surface area contributed by atoms with E-state index in [0.29, 0.717) is 12.3 Å². The molecule has 7 heteroatoms. The van der Waals surface area contributed by atoms with Crippen LogP contribution in [0.25, 0.3) is 0 Å². The van der Waals surface area contributed by atoms with E-state index < -0.39 is 10.0 Å². The second-order valence-electron chi connectivity index (χ2n) is 4.66. The number of carbonyl (C=O) groups excluding carboxylic acids is 1.